The highest BCUT2D eigenvalue weighted by Crippen LogP contribution is 2.29. The molecule has 0 atom stereocenters. The molecule has 0 unspecified atom stereocenters. The maximum absolute atomic E-state index is 12.5. The molecule has 1 heterocycles. The molecule has 5 nitrogen and oxygen atoms in total. The molecule has 3 rings (SSSR count). The van der Waals surface area contributed by atoms with Gasteiger partial charge in [-0.1, -0.05) is 30.3 Å². The maximum atomic E-state index is 12.5. The highest BCUT2D eigenvalue weighted by molar-refractivity contribution is 6.03. The Kier molecular flexibility index (Phi) is 4.02. The largest absolute Gasteiger partial charge is 0.462 e. The highest BCUT2D eigenvalue weighted by atomic mass is 16.5. The van der Waals surface area contributed by atoms with Gasteiger partial charge in [-0.05, 0) is 30.2 Å². The summed E-state index contributed by atoms with van der Waals surface area (Å²) >= 11 is 0. The zero-order valence-corrected chi connectivity index (χ0v) is 12.9. The van der Waals surface area contributed by atoms with Crippen molar-refractivity contribution in [2.45, 2.75) is 20.0 Å². The van der Waals surface area contributed by atoms with Crippen LogP contribution in [-0.2, 0) is 17.8 Å². The molecule has 1 amide bonds. The molecule has 0 bridgehead atoms. The molecule has 1 aliphatic rings. The van der Waals surface area contributed by atoms with E-state index < -0.39 is 5.97 Å². The second kappa shape index (κ2) is 6.12. The number of benzene rings is 2. The monoisotopic (exact) mass is 310 g/mol. The molecule has 2 N–H and O–H groups in total. The molecule has 118 valence electrons. The van der Waals surface area contributed by atoms with Crippen molar-refractivity contribution in [1.82, 2.24) is 4.90 Å². The predicted molar refractivity (Wildman–Crippen MR) is 86.8 cm³/mol. The number of carbonyl (C=O) groups excluding carboxylic acids is 2. The van der Waals surface area contributed by atoms with Crippen molar-refractivity contribution >= 4 is 17.6 Å². The van der Waals surface area contributed by atoms with Gasteiger partial charge in [-0.25, -0.2) is 4.79 Å². The van der Waals surface area contributed by atoms with Gasteiger partial charge in [0.25, 0.3) is 5.91 Å². The van der Waals surface area contributed by atoms with E-state index in [4.69, 9.17) is 10.5 Å². The van der Waals surface area contributed by atoms with E-state index in [0.29, 0.717) is 24.2 Å². The van der Waals surface area contributed by atoms with E-state index in [2.05, 4.69) is 0 Å². The maximum Gasteiger partial charge on any atom is 0.340 e. The van der Waals surface area contributed by atoms with Crippen LogP contribution in [0.1, 0.15) is 38.8 Å². The van der Waals surface area contributed by atoms with Crippen LogP contribution in [0.4, 0.5) is 5.69 Å². The van der Waals surface area contributed by atoms with Gasteiger partial charge >= 0.3 is 5.97 Å². The van der Waals surface area contributed by atoms with Gasteiger partial charge in [-0.2, -0.15) is 0 Å². The normalized spacial score (nSPS) is 13.1. The number of anilines is 1. The summed E-state index contributed by atoms with van der Waals surface area (Å²) in [6.07, 6.45) is 0. The molecule has 0 aliphatic carbocycles. The van der Waals surface area contributed by atoms with Crippen LogP contribution in [0, 0.1) is 0 Å². The zero-order valence-electron chi connectivity index (χ0n) is 12.9. The van der Waals surface area contributed by atoms with Crippen molar-refractivity contribution in [3.63, 3.8) is 0 Å². The Bertz CT molecular complexity index is 756. The average molecular weight is 310 g/mol. The lowest BCUT2D eigenvalue weighted by Crippen LogP contribution is -2.23. The third-order valence-corrected chi connectivity index (χ3v) is 3.87. The second-order valence-corrected chi connectivity index (χ2v) is 5.46. The number of rotatable bonds is 4. The van der Waals surface area contributed by atoms with E-state index in [9.17, 15) is 9.59 Å². The van der Waals surface area contributed by atoms with Crippen molar-refractivity contribution in [2.75, 3.05) is 12.3 Å². The first-order valence-electron chi connectivity index (χ1n) is 7.53. The number of hydrogen-bond donors (Lipinski definition) is 1. The summed E-state index contributed by atoms with van der Waals surface area (Å²) in [6, 6.07) is 13.0. The number of fused-ring (bicyclic) bond motifs is 1. The van der Waals surface area contributed by atoms with Crippen LogP contribution < -0.4 is 5.73 Å². The fraction of sp³-hybridized carbons (Fsp3) is 0.222. The van der Waals surface area contributed by atoms with E-state index in [-0.39, 0.29) is 18.2 Å². The van der Waals surface area contributed by atoms with Crippen molar-refractivity contribution in [2.24, 2.45) is 0 Å². The van der Waals surface area contributed by atoms with Gasteiger partial charge in [-0.3, -0.25) is 4.79 Å². The molecule has 0 saturated heterocycles. The van der Waals surface area contributed by atoms with Crippen LogP contribution in [0.2, 0.25) is 0 Å². The fourth-order valence-electron chi connectivity index (χ4n) is 2.76. The van der Waals surface area contributed by atoms with E-state index in [1.807, 2.05) is 30.3 Å². The van der Waals surface area contributed by atoms with Gasteiger partial charge in [0.2, 0.25) is 0 Å². The zero-order chi connectivity index (χ0) is 16.4. The molecule has 0 radical (unpaired) electrons. The number of nitrogens with zero attached hydrogens (tertiary/aromatic N) is 1. The van der Waals surface area contributed by atoms with Crippen molar-refractivity contribution in [1.29, 1.82) is 0 Å². The van der Waals surface area contributed by atoms with E-state index in [1.165, 1.54) is 0 Å². The third-order valence-electron chi connectivity index (χ3n) is 3.87. The van der Waals surface area contributed by atoms with Crippen LogP contribution in [0.5, 0.6) is 0 Å². The van der Waals surface area contributed by atoms with Crippen molar-refractivity contribution in [3.8, 4) is 0 Å². The molecule has 23 heavy (non-hydrogen) atoms. The van der Waals surface area contributed by atoms with E-state index in [0.717, 1.165) is 11.1 Å². The van der Waals surface area contributed by atoms with Crippen LogP contribution >= 0.6 is 0 Å². The molecule has 1 aliphatic heterocycles. The van der Waals surface area contributed by atoms with E-state index in [1.54, 1.807) is 24.0 Å². The number of ether oxygens (including phenoxy) is 1. The summed E-state index contributed by atoms with van der Waals surface area (Å²) in [5, 5.41) is 0. The van der Waals surface area contributed by atoms with Gasteiger partial charge in [0.15, 0.2) is 0 Å². The molecule has 0 aromatic heterocycles. The number of nitrogens with two attached hydrogens (primary N) is 1. The molecule has 2 aromatic rings. The summed E-state index contributed by atoms with van der Waals surface area (Å²) in [5.74, 6) is -0.521. The summed E-state index contributed by atoms with van der Waals surface area (Å²) in [6.45, 7) is 3.03. The van der Waals surface area contributed by atoms with Gasteiger partial charge in [0.05, 0.1) is 12.2 Å². The standard InChI is InChI=1S/C18H18N2O3/c1-2-23-18(22)15-8-13-11-20(10-12-6-4-3-5-7-12)17(21)14(13)9-16(15)19/h3-9H,2,10-11,19H2,1H3. The van der Waals surface area contributed by atoms with Crippen molar-refractivity contribution in [3.05, 3.63) is 64.7 Å². The number of carbonyl (C=O) groups is 2. The van der Waals surface area contributed by atoms with E-state index >= 15 is 0 Å². The van der Waals surface area contributed by atoms with Gasteiger partial charge in [0.1, 0.15) is 0 Å². The molecule has 2 aromatic carbocycles. The summed E-state index contributed by atoms with van der Waals surface area (Å²) in [5.41, 5.74) is 8.94. The Morgan fingerprint density at radius 1 is 1.26 bits per heavy atom. The first kappa shape index (κ1) is 15.1. The Morgan fingerprint density at radius 2 is 2.00 bits per heavy atom. The van der Waals surface area contributed by atoms with Gasteiger partial charge in [-0.15, -0.1) is 0 Å². The quantitative estimate of drug-likeness (QED) is 0.696. The Morgan fingerprint density at radius 3 is 2.70 bits per heavy atom. The van der Waals surface area contributed by atoms with Crippen molar-refractivity contribution < 1.29 is 14.3 Å². The number of esters is 1. The number of hydrogen-bond acceptors (Lipinski definition) is 4. The minimum atomic E-state index is -0.457. The number of amides is 1. The smallest absolute Gasteiger partial charge is 0.340 e. The van der Waals surface area contributed by atoms with Crippen LogP contribution in [-0.4, -0.2) is 23.4 Å². The molecule has 0 spiro atoms. The second-order valence-electron chi connectivity index (χ2n) is 5.46. The predicted octanol–water partition coefficient (Wildman–Crippen LogP) is 2.60. The molecule has 0 fully saturated rings. The van der Waals surface area contributed by atoms with Crippen LogP contribution in [0.25, 0.3) is 0 Å². The first-order chi connectivity index (χ1) is 11.1. The lowest BCUT2D eigenvalue weighted by Gasteiger charge is -2.15. The Hall–Kier alpha value is -2.82. The summed E-state index contributed by atoms with van der Waals surface area (Å²) < 4.78 is 5.00. The van der Waals surface area contributed by atoms with Gasteiger partial charge in [0, 0.05) is 24.3 Å². The average Bonchev–Trinajstić information content (AvgIpc) is 2.84. The first-order valence-corrected chi connectivity index (χ1v) is 7.53. The third kappa shape index (κ3) is 2.90. The lowest BCUT2D eigenvalue weighted by atomic mass is 10.0. The molecular weight excluding hydrogens is 292 g/mol. The molecule has 0 saturated carbocycles. The highest BCUT2D eigenvalue weighted by Gasteiger charge is 2.29. The SMILES string of the molecule is CCOC(=O)c1cc2c(cc1N)C(=O)N(Cc1ccccc1)C2. The Labute approximate surface area is 134 Å². The summed E-state index contributed by atoms with van der Waals surface area (Å²) in [7, 11) is 0. The Balaban J connectivity index is 1.86. The van der Waals surface area contributed by atoms with Gasteiger partial charge < -0.3 is 15.4 Å². The fourth-order valence-corrected chi connectivity index (χ4v) is 2.76. The summed E-state index contributed by atoms with van der Waals surface area (Å²) in [4.78, 5) is 26.2. The minimum absolute atomic E-state index is 0.0639. The number of nitrogen functional groups attached to an aromatic ring is 1. The minimum Gasteiger partial charge on any atom is -0.462 e. The lowest BCUT2D eigenvalue weighted by molar-refractivity contribution is 0.0527. The molecular formula is C18H18N2O3. The topological polar surface area (TPSA) is 72.6 Å². The molecule has 5 heteroatoms. The van der Waals surface area contributed by atoms with Crippen LogP contribution in [0.15, 0.2) is 42.5 Å². The van der Waals surface area contributed by atoms with Crippen LogP contribution in [0.3, 0.4) is 0 Å².